The Bertz CT molecular complexity index is 1330. The van der Waals surface area contributed by atoms with E-state index in [9.17, 15) is 22.4 Å². The first-order valence-electron chi connectivity index (χ1n) is 12.5. The van der Waals surface area contributed by atoms with Crippen LogP contribution in [0.1, 0.15) is 38.3 Å². The highest BCUT2D eigenvalue weighted by Gasteiger charge is 2.32. The lowest BCUT2D eigenvalue weighted by atomic mass is 10.1. The van der Waals surface area contributed by atoms with Crippen molar-refractivity contribution in [2.45, 2.75) is 57.6 Å². The number of benzene rings is 3. The molecular weight excluding hydrogens is 505 g/mol. The van der Waals surface area contributed by atoms with E-state index < -0.39 is 34.3 Å². The first-order chi connectivity index (χ1) is 18.0. The topological polar surface area (TPSA) is 86.8 Å². The molecule has 0 bridgehead atoms. The van der Waals surface area contributed by atoms with Gasteiger partial charge in [0.1, 0.15) is 18.4 Å². The van der Waals surface area contributed by atoms with E-state index in [-0.39, 0.29) is 29.1 Å². The van der Waals surface area contributed by atoms with Crippen molar-refractivity contribution in [1.29, 1.82) is 0 Å². The zero-order valence-electron chi connectivity index (χ0n) is 22.1. The number of hydrogen-bond donors (Lipinski definition) is 1. The van der Waals surface area contributed by atoms with Gasteiger partial charge in [-0.15, -0.1) is 0 Å². The molecule has 202 valence electrons. The molecule has 2 atom stereocenters. The fraction of sp³-hybridized carbons (Fsp3) is 0.310. The van der Waals surface area contributed by atoms with Crippen molar-refractivity contribution < 1.29 is 22.4 Å². The maximum atomic E-state index is 13.8. The molecule has 9 heteroatoms. The summed E-state index contributed by atoms with van der Waals surface area (Å²) in [5.41, 5.74) is 1.80. The van der Waals surface area contributed by atoms with Crippen molar-refractivity contribution in [1.82, 2.24) is 10.2 Å². The molecule has 0 aliphatic carbocycles. The molecule has 0 saturated carbocycles. The third-order valence-electron chi connectivity index (χ3n) is 6.37. The van der Waals surface area contributed by atoms with E-state index in [1.165, 1.54) is 29.2 Å². The van der Waals surface area contributed by atoms with E-state index >= 15 is 0 Å². The Hall–Kier alpha value is -3.72. The van der Waals surface area contributed by atoms with E-state index in [1.54, 1.807) is 19.1 Å². The summed E-state index contributed by atoms with van der Waals surface area (Å²) in [5.74, 6) is -1.44. The Labute approximate surface area is 224 Å². The summed E-state index contributed by atoms with van der Waals surface area (Å²) < 4.78 is 42.1. The zero-order valence-corrected chi connectivity index (χ0v) is 22.9. The van der Waals surface area contributed by atoms with Gasteiger partial charge in [-0.25, -0.2) is 12.8 Å². The summed E-state index contributed by atoms with van der Waals surface area (Å²) in [6.45, 7) is 6.81. The second kappa shape index (κ2) is 12.7. The van der Waals surface area contributed by atoms with Crippen LogP contribution >= 0.6 is 0 Å². The minimum absolute atomic E-state index is 0.00241. The molecule has 0 aromatic heterocycles. The smallest absolute Gasteiger partial charge is 0.264 e. The van der Waals surface area contributed by atoms with Gasteiger partial charge in [0.15, 0.2) is 0 Å². The van der Waals surface area contributed by atoms with Crippen LogP contribution in [0.3, 0.4) is 0 Å². The Balaban J connectivity index is 2.00. The van der Waals surface area contributed by atoms with Gasteiger partial charge in [0.05, 0.1) is 10.6 Å². The molecule has 7 nitrogen and oxygen atoms in total. The number of rotatable bonds is 11. The van der Waals surface area contributed by atoms with E-state index in [2.05, 4.69) is 5.32 Å². The maximum absolute atomic E-state index is 13.8. The van der Waals surface area contributed by atoms with Crippen molar-refractivity contribution in [2.75, 3.05) is 10.8 Å². The predicted molar refractivity (Wildman–Crippen MR) is 146 cm³/mol. The van der Waals surface area contributed by atoms with E-state index in [0.717, 1.165) is 34.0 Å². The van der Waals surface area contributed by atoms with Gasteiger partial charge >= 0.3 is 0 Å². The third-order valence-corrected chi connectivity index (χ3v) is 8.15. The summed E-state index contributed by atoms with van der Waals surface area (Å²) >= 11 is 0. The molecule has 2 amide bonds. The van der Waals surface area contributed by atoms with Gasteiger partial charge in [-0.2, -0.15) is 0 Å². The van der Waals surface area contributed by atoms with Gasteiger partial charge in [0.2, 0.25) is 11.8 Å². The average molecular weight is 540 g/mol. The number of amides is 2. The molecule has 38 heavy (non-hydrogen) atoms. The Morgan fingerprint density at radius 1 is 0.921 bits per heavy atom. The normalized spacial score (nSPS) is 12.9. The number of hydrogen-bond acceptors (Lipinski definition) is 4. The first-order valence-corrected chi connectivity index (χ1v) is 14.0. The minimum atomic E-state index is -4.19. The van der Waals surface area contributed by atoms with E-state index in [0.29, 0.717) is 0 Å². The lowest BCUT2D eigenvalue weighted by Crippen LogP contribution is -2.52. The van der Waals surface area contributed by atoms with Gasteiger partial charge in [-0.1, -0.05) is 55.0 Å². The van der Waals surface area contributed by atoms with Crippen LogP contribution in [0.2, 0.25) is 0 Å². The fourth-order valence-corrected chi connectivity index (χ4v) is 5.22. The summed E-state index contributed by atoms with van der Waals surface area (Å²) in [6, 6.07) is 19.4. The molecule has 0 aliphatic heterocycles. The molecule has 1 N–H and O–H groups in total. The molecule has 0 saturated heterocycles. The van der Waals surface area contributed by atoms with Crippen molar-refractivity contribution in [2.24, 2.45) is 0 Å². The predicted octanol–water partition coefficient (Wildman–Crippen LogP) is 4.66. The Morgan fingerprint density at radius 3 is 2.11 bits per heavy atom. The van der Waals surface area contributed by atoms with Crippen molar-refractivity contribution in [3.05, 3.63) is 95.8 Å². The van der Waals surface area contributed by atoms with Gasteiger partial charge in [0, 0.05) is 12.6 Å². The van der Waals surface area contributed by atoms with Gasteiger partial charge in [-0.05, 0) is 69.2 Å². The standard InChI is InChI=1S/C29H34FN3O4S/c1-5-22(3)31-29(35)23(4)32(19-24-9-7-6-8-10-24)28(34)20-33(26-15-13-25(30)14-16-26)38(36,37)27-17-11-21(2)12-18-27/h6-18,22-23H,5,19-20H2,1-4H3,(H,31,35)/t22-,23+/m1/s1. The SMILES string of the molecule is CC[C@@H](C)NC(=O)[C@H](C)N(Cc1ccccc1)C(=O)CN(c1ccc(F)cc1)S(=O)(=O)c1ccc(C)cc1. The number of anilines is 1. The van der Waals surface area contributed by atoms with Crippen LogP contribution in [0.5, 0.6) is 0 Å². The van der Waals surface area contributed by atoms with Crippen LogP contribution in [0, 0.1) is 12.7 Å². The zero-order chi connectivity index (χ0) is 27.9. The highest BCUT2D eigenvalue weighted by molar-refractivity contribution is 7.92. The average Bonchev–Trinajstić information content (AvgIpc) is 2.91. The third kappa shape index (κ3) is 7.19. The van der Waals surface area contributed by atoms with E-state index in [4.69, 9.17) is 0 Å². The largest absolute Gasteiger partial charge is 0.352 e. The number of nitrogens with one attached hydrogen (secondary N) is 1. The summed E-state index contributed by atoms with van der Waals surface area (Å²) in [6.07, 6.45) is 0.720. The Kier molecular flexibility index (Phi) is 9.63. The first kappa shape index (κ1) is 28.8. The number of halogens is 1. The highest BCUT2D eigenvalue weighted by atomic mass is 32.2. The van der Waals surface area contributed by atoms with Crippen LogP contribution < -0.4 is 9.62 Å². The molecule has 0 unspecified atom stereocenters. The second-order valence-corrected chi connectivity index (χ2v) is 11.2. The molecule has 3 aromatic rings. The van der Waals surface area contributed by atoms with Crippen LogP contribution in [0.15, 0.2) is 83.8 Å². The minimum Gasteiger partial charge on any atom is -0.352 e. The van der Waals surface area contributed by atoms with Crippen LogP contribution in [-0.2, 0) is 26.2 Å². The van der Waals surface area contributed by atoms with Crippen molar-refractivity contribution >= 4 is 27.5 Å². The number of sulfonamides is 1. The van der Waals surface area contributed by atoms with Gasteiger partial charge in [-0.3, -0.25) is 13.9 Å². The fourth-order valence-electron chi connectivity index (χ4n) is 3.80. The molecule has 0 heterocycles. The number of nitrogens with zero attached hydrogens (tertiary/aromatic N) is 2. The molecule has 0 radical (unpaired) electrons. The maximum Gasteiger partial charge on any atom is 0.264 e. The molecule has 3 aromatic carbocycles. The van der Waals surface area contributed by atoms with Crippen LogP contribution in [-0.4, -0.2) is 43.8 Å². The highest BCUT2D eigenvalue weighted by Crippen LogP contribution is 2.25. The monoisotopic (exact) mass is 539 g/mol. The van der Waals surface area contributed by atoms with Gasteiger partial charge in [0.25, 0.3) is 10.0 Å². The molecule has 0 fully saturated rings. The number of carbonyl (C=O) groups excluding carboxylic acids is 2. The van der Waals surface area contributed by atoms with Gasteiger partial charge < -0.3 is 10.2 Å². The van der Waals surface area contributed by atoms with Crippen molar-refractivity contribution in [3.8, 4) is 0 Å². The number of aryl methyl sites for hydroxylation is 1. The van der Waals surface area contributed by atoms with Crippen molar-refractivity contribution in [3.63, 3.8) is 0 Å². The molecule has 0 spiro atoms. The summed E-state index contributed by atoms with van der Waals surface area (Å²) in [7, 11) is -4.19. The lowest BCUT2D eigenvalue weighted by Gasteiger charge is -2.32. The lowest BCUT2D eigenvalue weighted by molar-refractivity contribution is -0.139. The Morgan fingerprint density at radius 2 is 1.53 bits per heavy atom. The van der Waals surface area contributed by atoms with Crippen LogP contribution in [0.4, 0.5) is 10.1 Å². The van der Waals surface area contributed by atoms with E-state index in [1.807, 2.05) is 51.1 Å². The second-order valence-electron chi connectivity index (χ2n) is 9.30. The quantitative estimate of drug-likeness (QED) is 0.384. The molecule has 0 aliphatic rings. The van der Waals surface area contributed by atoms with Crippen LogP contribution in [0.25, 0.3) is 0 Å². The number of carbonyl (C=O) groups is 2. The molecule has 3 rings (SSSR count). The summed E-state index contributed by atoms with van der Waals surface area (Å²) in [4.78, 5) is 28.2. The summed E-state index contributed by atoms with van der Waals surface area (Å²) in [5, 5.41) is 2.90. The molecular formula is C29H34FN3O4S.